The molecule has 2 heterocycles. The summed E-state index contributed by atoms with van der Waals surface area (Å²) in [5, 5.41) is 9.23. The molecule has 2 aliphatic rings. The van der Waals surface area contributed by atoms with Crippen LogP contribution in [0.25, 0.3) is 0 Å². The summed E-state index contributed by atoms with van der Waals surface area (Å²) < 4.78 is 0. The van der Waals surface area contributed by atoms with Crippen molar-refractivity contribution < 1.29 is 9.90 Å². The first-order chi connectivity index (χ1) is 9.24. The molecule has 104 valence electrons. The zero-order valence-corrected chi connectivity index (χ0v) is 11.2. The van der Waals surface area contributed by atoms with Crippen LogP contribution in [0.4, 0.5) is 0 Å². The Bertz CT molecular complexity index is 463. The molecule has 5 heteroatoms. The van der Waals surface area contributed by atoms with Gasteiger partial charge in [0, 0.05) is 18.7 Å². The Hall–Kier alpha value is -1.36. The van der Waals surface area contributed by atoms with Crippen LogP contribution < -0.4 is 0 Å². The number of carboxylic acid groups (broad SMARTS) is 1. The molecule has 0 spiro atoms. The number of nitrogens with zero attached hydrogens (tertiary/aromatic N) is 2. The number of nitrogens with one attached hydrogen (secondary N) is 1. The molecule has 19 heavy (non-hydrogen) atoms. The quantitative estimate of drug-likeness (QED) is 0.865. The number of carboxylic acids is 1. The zero-order valence-electron chi connectivity index (χ0n) is 11.2. The van der Waals surface area contributed by atoms with E-state index in [0.717, 1.165) is 49.4 Å². The third-order valence-electron chi connectivity index (χ3n) is 4.27. The van der Waals surface area contributed by atoms with Crippen molar-refractivity contribution in [3.8, 4) is 0 Å². The second-order valence-corrected chi connectivity index (χ2v) is 5.63. The minimum atomic E-state index is -0.737. The fourth-order valence-electron chi connectivity index (χ4n) is 3.21. The predicted octanol–water partition coefficient (Wildman–Crippen LogP) is 1.55. The first-order valence-corrected chi connectivity index (χ1v) is 7.27. The van der Waals surface area contributed by atoms with Crippen LogP contribution in [0, 0.1) is 0 Å². The van der Waals surface area contributed by atoms with Crippen LogP contribution in [0.15, 0.2) is 0 Å². The van der Waals surface area contributed by atoms with Crippen LogP contribution in [-0.4, -0.2) is 45.6 Å². The highest BCUT2D eigenvalue weighted by Crippen LogP contribution is 2.30. The van der Waals surface area contributed by atoms with E-state index >= 15 is 0 Å². The van der Waals surface area contributed by atoms with Crippen molar-refractivity contribution in [1.29, 1.82) is 0 Å². The fraction of sp³-hybridized carbons (Fsp3) is 0.714. The third kappa shape index (κ3) is 2.66. The summed E-state index contributed by atoms with van der Waals surface area (Å²) in [6, 6.07) is 0. The molecular formula is C14H21N3O2. The van der Waals surface area contributed by atoms with Crippen molar-refractivity contribution in [3.63, 3.8) is 0 Å². The van der Waals surface area contributed by atoms with Crippen LogP contribution in [0.3, 0.4) is 0 Å². The third-order valence-corrected chi connectivity index (χ3v) is 4.27. The van der Waals surface area contributed by atoms with Gasteiger partial charge in [0.25, 0.3) is 0 Å². The first kappa shape index (κ1) is 12.7. The normalized spacial score (nSPS) is 23.5. The van der Waals surface area contributed by atoms with Gasteiger partial charge in [-0.15, -0.1) is 0 Å². The summed E-state index contributed by atoms with van der Waals surface area (Å²) in [5.74, 6) is -0.177. The fourth-order valence-corrected chi connectivity index (χ4v) is 3.21. The molecule has 0 aromatic carbocycles. The van der Waals surface area contributed by atoms with E-state index in [9.17, 15) is 9.90 Å². The van der Waals surface area contributed by atoms with Crippen LogP contribution in [0.5, 0.6) is 0 Å². The van der Waals surface area contributed by atoms with E-state index in [1.807, 2.05) is 0 Å². The minimum Gasteiger partial charge on any atom is -0.481 e. The van der Waals surface area contributed by atoms with Gasteiger partial charge in [0.05, 0.1) is 5.69 Å². The highest BCUT2D eigenvalue weighted by molar-refractivity contribution is 5.76. The molecule has 1 aromatic heterocycles. The van der Waals surface area contributed by atoms with Crippen molar-refractivity contribution in [2.75, 3.05) is 19.6 Å². The molecule has 5 nitrogen and oxygen atoms in total. The zero-order chi connectivity index (χ0) is 13.2. The van der Waals surface area contributed by atoms with Crippen molar-refractivity contribution >= 4 is 5.97 Å². The molecular weight excluding hydrogens is 242 g/mol. The average molecular weight is 263 g/mol. The molecule has 1 fully saturated rings. The van der Waals surface area contributed by atoms with Gasteiger partial charge in [-0.2, -0.15) is 0 Å². The van der Waals surface area contributed by atoms with Gasteiger partial charge in [-0.3, -0.25) is 4.79 Å². The van der Waals surface area contributed by atoms with Crippen LogP contribution >= 0.6 is 0 Å². The first-order valence-electron chi connectivity index (χ1n) is 7.27. The van der Waals surface area contributed by atoms with Crippen LogP contribution in [0.1, 0.15) is 48.8 Å². The number of rotatable bonds is 4. The van der Waals surface area contributed by atoms with Crippen LogP contribution in [-0.2, 0) is 17.6 Å². The van der Waals surface area contributed by atoms with E-state index in [4.69, 9.17) is 0 Å². The van der Waals surface area contributed by atoms with Gasteiger partial charge in [0.1, 0.15) is 11.7 Å². The number of aromatic amines is 1. The smallest absolute Gasteiger partial charge is 0.312 e. The van der Waals surface area contributed by atoms with Gasteiger partial charge in [-0.1, -0.05) is 0 Å². The molecule has 1 aliphatic carbocycles. The van der Waals surface area contributed by atoms with E-state index in [-0.39, 0.29) is 0 Å². The monoisotopic (exact) mass is 263 g/mol. The number of aryl methyl sites for hydroxylation is 1. The minimum absolute atomic E-state index is 0.402. The second kappa shape index (κ2) is 5.33. The predicted molar refractivity (Wildman–Crippen MR) is 71.3 cm³/mol. The highest BCUT2D eigenvalue weighted by Gasteiger charge is 2.29. The Morgan fingerprint density at radius 2 is 2.16 bits per heavy atom. The number of likely N-dealkylation sites (tertiary alicyclic amines) is 1. The van der Waals surface area contributed by atoms with E-state index in [1.54, 1.807) is 0 Å². The second-order valence-electron chi connectivity index (χ2n) is 5.63. The molecule has 0 amide bonds. The molecule has 1 atom stereocenters. The summed E-state index contributed by atoms with van der Waals surface area (Å²) >= 11 is 0. The van der Waals surface area contributed by atoms with E-state index in [0.29, 0.717) is 0 Å². The summed E-state index contributed by atoms with van der Waals surface area (Å²) in [5.41, 5.74) is 1.84. The number of hydrogen-bond acceptors (Lipinski definition) is 3. The molecule has 0 bridgehead atoms. The largest absolute Gasteiger partial charge is 0.481 e. The lowest BCUT2D eigenvalue weighted by Crippen LogP contribution is -2.22. The number of fused-ring (bicyclic) bond motifs is 1. The highest BCUT2D eigenvalue weighted by atomic mass is 16.4. The maximum Gasteiger partial charge on any atom is 0.312 e. The van der Waals surface area contributed by atoms with E-state index < -0.39 is 11.9 Å². The molecule has 0 saturated carbocycles. The SMILES string of the molecule is O=C(O)C1CCCc2[nH]c(CCN3CCCC3)nc21. The average Bonchev–Trinajstić information content (AvgIpc) is 3.04. The summed E-state index contributed by atoms with van der Waals surface area (Å²) in [7, 11) is 0. The molecule has 1 saturated heterocycles. The Balaban J connectivity index is 1.68. The summed E-state index contributed by atoms with van der Waals surface area (Å²) in [4.78, 5) is 21.6. The number of hydrogen-bond donors (Lipinski definition) is 2. The maximum atomic E-state index is 11.2. The van der Waals surface area contributed by atoms with Crippen molar-refractivity contribution in [2.45, 2.75) is 44.4 Å². The summed E-state index contributed by atoms with van der Waals surface area (Å²) in [6.45, 7) is 3.42. The van der Waals surface area contributed by atoms with Gasteiger partial charge in [0.15, 0.2) is 0 Å². The van der Waals surface area contributed by atoms with Crippen molar-refractivity contribution in [2.24, 2.45) is 0 Å². The number of carbonyl (C=O) groups is 1. The molecule has 1 unspecified atom stereocenters. The molecule has 1 aromatic rings. The Morgan fingerprint density at radius 3 is 2.89 bits per heavy atom. The standard InChI is InChI=1S/C14H21N3O2/c18-14(19)10-4-3-5-11-13(10)16-12(15-11)6-9-17-7-1-2-8-17/h10H,1-9H2,(H,15,16)(H,18,19). The molecule has 0 radical (unpaired) electrons. The Morgan fingerprint density at radius 1 is 1.37 bits per heavy atom. The Labute approximate surface area is 113 Å². The number of H-pyrrole nitrogens is 1. The van der Waals surface area contributed by atoms with Gasteiger partial charge in [0.2, 0.25) is 0 Å². The molecule has 3 rings (SSSR count). The number of aliphatic carboxylic acids is 1. The van der Waals surface area contributed by atoms with Gasteiger partial charge >= 0.3 is 5.97 Å². The lowest BCUT2D eigenvalue weighted by Gasteiger charge is -2.16. The van der Waals surface area contributed by atoms with Gasteiger partial charge in [-0.25, -0.2) is 4.98 Å². The number of aromatic nitrogens is 2. The van der Waals surface area contributed by atoms with Crippen molar-refractivity contribution in [1.82, 2.24) is 14.9 Å². The lowest BCUT2D eigenvalue weighted by atomic mass is 9.90. The van der Waals surface area contributed by atoms with Gasteiger partial charge in [-0.05, 0) is 45.2 Å². The van der Waals surface area contributed by atoms with E-state index in [1.165, 1.54) is 25.9 Å². The Kier molecular flexibility index (Phi) is 3.55. The lowest BCUT2D eigenvalue weighted by molar-refractivity contribution is -0.139. The number of imidazole rings is 1. The van der Waals surface area contributed by atoms with E-state index in [2.05, 4.69) is 14.9 Å². The van der Waals surface area contributed by atoms with Crippen LogP contribution in [0.2, 0.25) is 0 Å². The van der Waals surface area contributed by atoms with Crippen molar-refractivity contribution in [3.05, 3.63) is 17.2 Å². The summed E-state index contributed by atoms with van der Waals surface area (Å²) in [6.07, 6.45) is 6.11. The molecule has 1 aliphatic heterocycles. The van der Waals surface area contributed by atoms with Gasteiger partial charge < -0.3 is 15.0 Å². The maximum absolute atomic E-state index is 11.2. The topological polar surface area (TPSA) is 69.2 Å². The molecule has 2 N–H and O–H groups in total.